The summed E-state index contributed by atoms with van der Waals surface area (Å²) in [5.74, 6) is 0.912. The maximum absolute atomic E-state index is 5.37. The van der Waals surface area contributed by atoms with Crippen molar-refractivity contribution in [3.05, 3.63) is 35.9 Å². The topological polar surface area (TPSA) is 48.9 Å². The Morgan fingerprint density at radius 3 is 2.40 bits per heavy atom. The summed E-state index contributed by atoms with van der Waals surface area (Å²) in [5, 5.41) is 6.79. The molecule has 1 aliphatic rings. The number of nitrogens with one attached hydrogen (secondary N) is 2. The van der Waals surface area contributed by atoms with E-state index < -0.39 is 0 Å². The minimum atomic E-state index is 0. The third-order valence-electron chi connectivity index (χ3n) is 4.30. The van der Waals surface area contributed by atoms with Crippen molar-refractivity contribution >= 4 is 29.9 Å². The van der Waals surface area contributed by atoms with Gasteiger partial charge < -0.3 is 15.4 Å². The molecule has 0 radical (unpaired) electrons. The van der Waals surface area contributed by atoms with Crippen molar-refractivity contribution in [3.8, 4) is 0 Å². The van der Waals surface area contributed by atoms with Gasteiger partial charge in [-0.05, 0) is 37.8 Å². The molecule has 0 aromatic heterocycles. The van der Waals surface area contributed by atoms with Crippen LogP contribution in [0.5, 0.6) is 0 Å². The summed E-state index contributed by atoms with van der Waals surface area (Å²) >= 11 is 0. The fourth-order valence-electron chi connectivity index (χ4n) is 2.86. The highest BCUT2D eigenvalue weighted by molar-refractivity contribution is 14.0. The van der Waals surface area contributed by atoms with Gasteiger partial charge in [0.15, 0.2) is 5.96 Å². The molecular weight excluding hydrogens is 427 g/mol. The third-order valence-corrected chi connectivity index (χ3v) is 4.30. The largest absolute Gasteiger partial charge is 0.379 e. The molecule has 6 heteroatoms. The van der Waals surface area contributed by atoms with Crippen LogP contribution in [0.15, 0.2) is 35.3 Å². The first-order valence-corrected chi connectivity index (χ1v) is 9.17. The molecule has 1 aliphatic heterocycles. The molecule has 1 aromatic carbocycles. The zero-order valence-electron chi connectivity index (χ0n) is 15.4. The molecule has 0 atom stereocenters. The Hall–Kier alpha value is -0.860. The lowest BCUT2D eigenvalue weighted by atomic mass is 10.1. The molecule has 5 nitrogen and oxygen atoms in total. The van der Waals surface area contributed by atoms with E-state index in [-0.39, 0.29) is 24.0 Å². The van der Waals surface area contributed by atoms with Crippen LogP contribution in [0.2, 0.25) is 0 Å². The van der Waals surface area contributed by atoms with Crippen LogP contribution in [0.4, 0.5) is 0 Å². The summed E-state index contributed by atoms with van der Waals surface area (Å²) in [6.45, 7) is 7.03. The van der Waals surface area contributed by atoms with Gasteiger partial charge in [0, 0.05) is 33.2 Å². The minimum Gasteiger partial charge on any atom is -0.379 e. The number of guanidine groups is 1. The minimum absolute atomic E-state index is 0. The zero-order chi connectivity index (χ0) is 16.9. The van der Waals surface area contributed by atoms with Gasteiger partial charge >= 0.3 is 0 Å². The monoisotopic (exact) mass is 460 g/mol. The number of morpholine rings is 1. The molecule has 0 saturated carbocycles. The van der Waals surface area contributed by atoms with Gasteiger partial charge in [0.2, 0.25) is 0 Å². The number of rotatable bonds is 9. The highest BCUT2D eigenvalue weighted by Gasteiger charge is 2.08. The Morgan fingerprint density at radius 1 is 1.04 bits per heavy atom. The SMILES string of the molecule is CN=C(NCCCCN1CCOCC1)NCCCc1ccccc1.I. The first kappa shape index (κ1) is 22.2. The number of unbranched alkanes of at least 4 members (excludes halogenated alkanes) is 1. The van der Waals surface area contributed by atoms with E-state index in [0.717, 1.165) is 58.2 Å². The molecule has 2 N–H and O–H groups in total. The highest BCUT2D eigenvalue weighted by Crippen LogP contribution is 2.01. The summed E-state index contributed by atoms with van der Waals surface area (Å²) in [6, 6.07) is 10.6. The number of halogens is 1. The van der Waals surface area contributed by atoms with Crippen LogP contribution in [-0.4, -0.2) is 63.8 Å². The third kappa shape index (κ3) is 10.0. The van der Waals surface area contributed by atoms with E-state index in [9.17, 15) is 0 Å². The lowest BCUT2D eigenvalue weighted by Crippen LogP contribution is -2.39. The van der Waals surface area contributed by atoms with Crippen LogP contribution in [0, 0.1) is 0 Å². The maximum atomic E-state index is 5.37. The Morgan fingerprint density at radius 2 is 1.72 bits per heavy atom. The van der Waals surface area contributed by atoms with E-state index in [1.54, 1.807) is 0 Å². The van der Waals surface area contributed by atoms with Gasteiger partial charge in [-0.2, -0.15) is 0 Å². The molecule has 0 unspecified atom stereocenters. The number of aryl methyl sites for hydroxylation is 1. The van der Waals surface area contributed by atoms with Gasteiger partial charge in [0.25, 0.3) is 0 Å². The van der Waals surface area contributed by atoms with Crippen LogP contribution in [0.25, 0.3) is 0 Å². The molecule has 1 fully saturated rings. The molecule has 0 bridgehead atoms. The van der Waals surface area contributed by atoms with E-state index >= 15 is 0 Å². The van der Waals surface area contributed by atoms with Crippen molar-refractivity contribution in [1.82, 2.24) is 15.5 Å². The van der Waals surface area contributed by atoms with Gasteiger partial charge in [0.05, 0.1) is 13.2 Å². The average molecular weight is 460 g/mol. The highest BCUT2D eigenvalue weighted by atomic mass is 127. The number of nitrogens with zero attached hydrogens (tertiary/aromatic N) is 2. The smallest absolute Gasteiger partial charge is 0.190 e. The van der Waals surface area contributed by atoms with Crippen molar-refractivity contribution in [1.29, 1.82) is 0 Å². The van der Waals surface area contributed by atoms with Crippen molar-refractivity contribution in [2.75, 3.05) is 53.0 Å². The number of benzene rings is 1. The van der Waals surface area contributed by atoms with Gasteiger partial charge in [-0.25, -0.2) is 0 Å². The molecule has 2 rings (SSSR count). The Balaban J connectivity index is 0.00000312. The van der Waals surface area contributed by atoms with Crippen LogP contribution < -0.4 is 10.6 Å². The number of hydrogen-bond acceptors (Lipinski definition) is 3. The van der Waals surface area contributed by atoms with Crippen LogP contribution >= 0.6 is 24.0 Å². The molecule has 1 heterocycles. The molecule has 25 heavy (non-hydrogen) atoms. The lowest BCUT2D eigenvalue weighted by molar-refractivity contribution is 0.0372. The Labute approximate surface area is 169 Å². The quantitative estimate of drug-likeness (QED) is 0.258. The Bertz CT molecular complexity index is 464. The van der Waals surface area contributed by atoms with Gasteiger partial charge in [-0.3, -0.25) is 9.89 Å². The van der Waals surface area contributed by atoms with Gasteiger partial charge in [0.1, 0.15) is 0 Å². The molecule has 1 saturated heterocycles. The standard InChI is InChI=1S/C19H32N4O.HI/c1-20-19(22-12-7-10-18-8-3-2-4-9-18)21-11-5-6-13-23-14-16-24-17-15-23;/h2-4,8-9H,5-7,10-17H2,1H3,(H2,20,21,22);1H. The molecule has 0 amide bonds. The number of aliphatic imine (C=N–C) groups is 1. The van der Waals surface area contributed by atoms with Crippen molar-refractivity contribution in [3.63, 3.8) is 0 Å². The van der Waals surface area contributed by atoms with E-state index in [2.05, 4.69) is 50.9 Å². The van der Waals surface area contributed by atoms with Crippen molar-refractivity contribution in [2.24, 2.45) is 4.99 Å². The second-order valence-electron chi connectivity index (χ2n) is 6.18. The molecular formula is C19H33IN4O. The van der Waals surface area contributed by atoms with Crippen LogP contribution in [0.1, 0.15) is 24.8 Å². The summed E-state index contributed by atoms with van der Waals surface area (Å²) in [5.41, 5.74) is 1.39. The van der Waals surface area contributed by atoms with E-state index in [1.807, 2.05) is 7.05 Å². The van der Waals surface area contributed by atoms with Crippen LogP contribution in [-0.2, 0) is 11.2 Å². The fourth-order valence-corrected chi connectivity index (χ4v) is 2.86. The second kappa shape index (κ2) is 14.3. The Kier molecular flexibility index (Phi) is 12.7. The number of hydrogen-bond donors (Lipinski definition) is 2. The predicted molar refractivity (Wildman–Crippen MR) is 116 cm³/mol. The average Bonchev–Trinajstić information content (AvgIpc) is 2.65. The van der Waals surface area contributed by atoms with Gasteiger partial charge in [-0.15, -0.1) is 24.0 Å². The van der Waals surface area contributed by atoms with Crippen LogP contribution in [0.3, 0.4) is 0 Å². The molecule has 142 valence electrons. The molecule has 0 aliphatic carbocycles. The van der Waals surface area contributed by atoms with E-state index in [1.165, 1.54) is 24.9 Å². The zero-order valence-corrected chi connectivity index (χ0v) is 17.7. The summed E-state index contributed by atoms with van der Waals surface area (Å²) in [4.78, 5) is 6.77. The summed E-state index contributed by atoms with van der Waals surface area (Å²) in [7, 11) is 1.83. The number of ether oxygens (including phenoxy) is 1. The maximum Gasteiger partial charge on any atom is 0.190 e. The summed E-state index contributed by atoms with van der Waals surface area (Å²) < 4.78 is 5.37. The molecule has 0 spiro atoms. The first-order chi connectivity index (χ1) is 11.9. The van der Waals surface area contributed by atoms with E-state index in [0.29, 0.717) is 0 Å². The fraction of sp³-hybridized carbons (Fsp3) is 0.632. The summed E-state index contributed by atoms with van der Waals surface area (Å²) in [6.07, 6.45) is 4.60. The van der Waals surface area contributed by atoms with Gasteiger partial charge in [-0.1, -0.05) is 30.3 Å². The van der Waals surface area contributed by atoms with Crippen molar-refractivity contribution in [2.45, 2.75) is 25.7 Å². The van der Waals surface area contributed by atoms with E-state index in [4.69, 9.17) is 4.74 Å². The normalized spacial score (nSPS) is 15.5. The lowest BCUT2D eigenvalue weighted by Gasteiger charge is -2.26. The predicted octanol–water partition coefficient (Wildman–Crippen LogP) is 2.51. The van der Waals surface area contributed by atoms with Crippen molar-refractivity contribution < 1.29 is 4.74 Å². The second-order valence-corrected chi connectivity index (χ2v) is 6.18. The first-order valence-electron chi connectivity index (χ1n) is 9.17. The molecule has 1 aromatic rings.